The van der Waals surface area contributed by atoms with Gasteiger partial charge in [0.25, 0.3) is 0 Å². The lowest BCUT2D eigenvalue weighted by Gasteiger charge is -2.19. The average Bonchev–Trinajstić information content (AvgIpc) is 2.96. The van der Waals surface area contributed by atoms with Gasteiger partial charge in [0.2, 0.25) is 0 Å². The van der Waals surface area contributed by atoms with Crippen molar-refractivity contribution in [2.24, 2.45) is 11.8 Å². The van der Waals surface area contributed by atoms with Gasteiger partial charge >= 0.3 is 5.97 Å². The maximum absolute atomic E-state index is 13.0. The summed E-state index contributed by atoms with van der Waals surface area (Å²) in [5.74, 6) is -0.809. The van der Waals surface area contributed by atoms with Crippen molar-refractivity contribution in [1.82, 2.24) is 0 Å². The molecule has 1 aliphatic carbocycles. The summed E-state index contributed by atoms with van der Waals surface area (Å²) in [6.45, 7) is 10.3. The monoisotopic (exact) mass is 328 g/mol. The zero-order valence-electron chi connectivity index (χ0n) is 15.3. The molecule has 24 heavy (non-hydrogen) atoms. The first kappa shape index (κ1) is 18.4. The van der Waals surface area contributed by atoms with Gasteiger partial charge in [-0.1, -0.05) is 43.7 Å². The highest BCUT2D eigenvalue weighted by molar-refractivity contribution is 5.90. The Morgan fingerprint density at radius 2 is 1.67 bits per heavy atom. The molecule has 1 aromatic carbocycles. The van der Waals surface area contributed by atoms with Crippen LogP contribution in [0.5, 0.6) is 0 Å². The number of hydrogen-bond donors (Lipinski definition) is 0. The molecule has 0 heterocycles. The molecule has 0 radical (unpaired) electrons. The van der Waals surface area contributed by atoms with Crippen molar-refractivity contribution >= 4 is 11.8 Å². The van der Waals surface area contributed by atoms with E-state index in [0.29, 0.717) is 19.3 Å². The van der Waals surface area contributed by atoms with Crippen LogP contribution in [-0.2, 0) is 33.6 Å². The van der Waals surface area contributed by atoms with Crippen LogP contribution in [-0.4, -0.2) is 18.9 Å². The van der Waals surface area contributed by atoms with E-state index in [9.17, 15) is 9.59 Å². The van der Waals surface area contributed by atoms with E-state index in [-0.39, 0.29) is 23.6 Å². The Kier molecular flexibility index (Phi) is 5.98. The minimum atomic E-state index is -0.365. The largest absolute Gasteiger partial charge is 0.469 e. The molecule has 2 rings (SSSR count). The van der Waals surface area contributed by atoms with Gasteiger partial charge in [0, 0.05) is 12.3 Å². The van der Waals surface area contributed by atoms with Gasteiger partial charge in [-0.25, -0.2) is 0 Å². The number of rotatable bonds is 6. The third kappa shape index (κ3) is 3.77. The predicted octanol–water partition coefficient (Wildman–Crippen LogP) is 3.99. The van der Waals surface area contributed by atoms with Crippen molar-refractivity contribution < 1.29 is 14.3 Å². The topological polar surface area (TPSA) is 43.4 Å². The molecule has 1 aromatic rings. The van der Waals surface area contributed by atoms with Crippen LogP contribution in [0.15, 0.2) is 24.3 Å². The van der Waals surface area contributed by atoms with Gasteiger partial charge < -0.3 is 4.74 Å². The zero-order valence-corrected chi connectivity index (χ0v) is 15.3. The van der Waals surface area contributed by atoms with Gasteiger partial charge in [0.05, 0.1) is 13.0 Å². The molecule has 0 aliphatic heterocycles. The van der Waals surface area contributed by atoms with Crippen LogP contribution in [0.3, 0.4) is 0 Å². The van der Waals surface area contributed by atoms with E-state index < -0.39 is 0 Å². The highest BCUT2D eigenvalue weighted by Gasteiger charge is 2.40. The molecular formula is C21H28O3. The van der Waals surface area contributed by atoms with E-state index in [1.807, 2.05) is 0 Å². The van der Waals surface area contributed by atoms with Crippen molar-refractivity contribution in [3.05, 3.63) is 46.5 Å². The first-order valence-electron chi connectivity index (χ1n) is 8.79. The summed E-state index contributed by atoms with van der Waals surface area (Å²) in [4.78, 5) is 25.0. The third-order valence-corrected chi connectivity index (χ3v) is 5.11. The lowest BCUT2D eigenvalue weighted by atomic mass is 9.85. The Morgan fingerprint density at radius 1 is 1.12 bits per heavy atom. The van der Waals surface area contributed by atoms with E-state index >= 15 is 0 Å². The first-order valence-corrected chi connectivity index (χ1v) is 8.79. The van der Waals surface area contributed by atoms with Crippen molar-refractivity contribution in [3.8, 4) is 0 Å². The summed E-state index contributed by atoms with van der Waals surface area (Å²) >= 11 is 0. The summed E-state index contributed by atoms with van der Waals surface area (Å²) < 4.78 is 4.89. The second-order valence-electron chi connectivity index (χ2n) is 6.81. The molecule has 2 atom stereocenters. The number of aryl methyl sites for hydroxylation is 3. The van der Waals surface area contributed by atoms with Crippen LogP contribution in [0.25, 0.3) is 0 Å². The number of carbonyl (C=O) groups excluding carboxylic acids is 2. The molecule has 0 saturated heterocycles. The van der Waals surface area contributed by atoms with E-state index in [2.05, 4.69) is 39.5 Å². The number of methoxy groups -OCH3 is 1. The van der Waals surface area contributed by atoms with Crippen molar-refractivity contribution in [2.75, 3.05) is 7.11 Å². The van der Waals surface area contributed by atoms with Gasteiger partial charge in [-0.05, 0) is 49.3 Å². The molecule has 3 nitrogen and oxygen atoms in total. The summed E-state index contributed by atoms with van der Waals surface area (Å²) in [6, 6.07) is 4.35. The fourth-order valence-corrected chi connectivity index (χ4v) is 3.86. The van der Waals surface area contributed by atoms with Crippen LogP contribution in [0.4, 0.5) is 0 Å². The molecule has 3 heteroatoms. The Hall–Kier alpha value is -1.90. The fraction of sp³-hybridized carbons (Fsp3) is 0.524. The Balaban J connectivity index is 2.29. The van der Waals surface area contributed by atoms with E-state index in [1.54, 1.807) is 0 Å². The standard InChI is InChI=1S/C21H28O3/c1-6-15-8-13(3)9-16(7-2)17(15)12-20(22)18-10-14(4)11-19(18)21(23)24-5/h8-9,18-19H,4,6-7,10-12H2,1-3,5H3/t18-,19-/m0/s1. The van der Waals surface area contributed by atoms with Gasteiger partial charge in [0.1, 0.15) is 5.78 Å². The summed E-state index contributed by atoms with van der Waals surface area (Å²) in [7, 11) is 1.38. The lowest BCUT2D eigenvalue weighted by molar-refractivity contribution is -0.148. The molecular weight excluding hydrogens is 300 g/mol. The predicted molar refractivity (Wildman–Crippen MR) is 96.0 cm³/mol. The number of esters is 1. The molecule has 0 aromatic heterocycles. The van der Waals surface area contributed by atoms with E-state index in [0.717, 1.165) is 24.0 Å². The Bertz CT molecular complexity index is 632. The van der Waals surface area contributed by atoms with Crippen LogP contribution in [0.2, 0.25) is 0 Å². The molecule has 0 amide bonds. The minimum absolute atomic E-state index is 0.136. The average molecular weight is 328 g/mol. The van der Waals surface area contributed by atoms with Crippen LogP contribution < -0.4 is 0 Å². The number of carbonyl (C=O) groups is 2. The number of benzene rings is 1. The quantitative estimate of drug-likeness (QED) is 0.586. The van der Waals surface area contributed by atoms with Crippen LogP contribution in [0, 0.1) is 18.8 Å². The highest BCUT2D eigenvalue weighted by Crippen LogP contribution is 2.37. The van der Waals surface area contributed by atoms with E-state index in [4.69, 9.17) is 4.74 Å². The minimum Gasteiger partial charge on any atom is -0.469 e. The fourth-order valence-electron chi connectivity index (χ4n) is 3.86. The SMILES string of the molecule is C=C1C[C@H](C(=O)Cc2c(CC)cc(C)cc2CC)[C@@H](C(=O)OC)C1. The van der Waals surface area contributed by atoms with Gasteiger partial charge in [-0.15, -0.1) is 0 Å². The molecule has 1 aliphatic rings. The van der Waals surface area contributed by atoms with Crippen LogP contribution in [0.1, 0.15) is 48.9 Å². The molecule has 1 saturated carbocycles. The van der Waals surface area contributed by atoms with Crippen LogP contribution >= 0.6 is 0 Å². The van der Waals surface area contributed by atoms with E-state index in [1.165, 1.54) is 23.8 Å². The van der Waals surface area contributed by atoms with Gasteiger partial charge in [0.15, 0.2) is 0 Å². The molecule has 130 valence electrons. The second kappa shape index (κ2) is 7.78. The van der Waals surface area contributed by atoms with Crippen molar-refractivity contribution in [1.29, 1.82) is 0 Å². The number of ketones is 1. The Labute approximate surface area is 145 Å². The summed E-state index contributed by atoms with van der Waals surface area (Å²) in [5, 5.41) is 0. The number of hydrogen-bond acceptors (Lipinski definition) is 3. The number of Topliss-reactive ketones (excluding diaryl/α,β-unsaturated/α-hetero) is 1. The molecule has 0 bridgehead atoms. The Morgan fingerprint density at radius 3 is 2.17 bits per heavy atom. The summed E-state index contributed by atoms with van der Waals surface area (Å²) in [5.41, 5.74) is 5.84. The maximum Gasteiger partial charge on any atom is 0.309 e. The zero-order chi connectivity index (χ0) is 17.9. The summed E-state index contributed by atoms with van der Waals surface area (Å²) in [6.07, 6.45) is 3.40. The molecule has 0 spiro atoms. The highest BCUT2D eigenvalue weighted by atomic mass is 16.5. The first-order chi connectivity index (χ1) is 11.4. The lowest BCUT2D eigenvalue weighted by Crippen LogP contribution is -2.28. The third-order valence-electron chi connectivity index (χ3n) is 5.11. The van der Waals surface area contributed by atoms with Crippen molar-refractivity contribution in [2.45, 2.75) is 52.9 Å². The molecule has 1 fully saturated rings. The maximum atomic E-state index is 13.0. The molecule has 0 N–H and O–H groups in total. The number of ether oxygens (including phenoxy) is 1. The van der Waals surface area contributed by atoms with Gasteiger partial charge in [-0.3, -0.25) is 9.59 Å². The van der Waals surface area contributed by atoms with Gasteiger partial charge in [-0.2, -0.15) is 0 Å². The second-order valence-corrected chi connectivity index (χ2v) is 6.81. The number of allylic oxidation sites excluding steroid dienone is 1. The van der Waals surface area contributed by atoms with Crippen molar-refractivity contribution in [3.63, 3.8) is 0 Å². The molecule has 0 unspecified atom stereocenters. The smallest absolute Gasteiger partial charge is 0.309 e. The normalized spacial score (nSPS) is 20.2.